The normalized spacial score (nSPS) is 16.0. The van der Waals surface area contributed by atoms with Gasteiger partial charge in [0.15, 0.2) is 5.11 Å². The van der Waals surface area contributed by atoms with Gasteiger partial charge in [0.25, 0.3) is 0 Å². The van der Waals surface area contributed by atoms with E-state index >= 15 is 0 Å². The molecule has 110 valence electrons. The van der Waals surface area contributed by atoms with Crippen molar-refractivity contribution < 1.29 is 0 Å². The van der Waals surface area contributed by atoms with Crippen molar-refractivity contribution in [3.05, 3.63) is 24.3 Å². The molecule has 0 unspecified atom stereocenters. The van der Waals surface area contributed by atoms with Crippen LogP contribution in [0.2, 0.25) is 0 Å². The Bertz CT molecular complexity index is 422. The number of benzene rings is 1. The Morgan fingerprint density at radius 1 is 1.25 bits per heavy atom. The number of rotatable bonds is 4. The number of hydrogen-bond donors (Lipinski definition) is 2. The van der Waals surface area contributed by atoms with Crippen LogP contribution in [0.15, 0.2) is 24.3 Å². The molecule has 2 rings (SSSR count). The van der Waals surface area contributed by atoms with Gasteiger partial charge in [-0.2, -0.15) is 0 Å². The van der Waals surface area contributed by atoms with Gasteiger partial charge in [-0.15, -0.1) is 0 Å². The highest BCUT2D eigenvalue weighted by Gasteiger charge is 2.15. The van der Waals surface area contributed by atoms with Crippen LogP contribution in [-0.4, -0.2) is 24.7 Å². The largest absolute Gasteiger partial charge is 0.372 e. The lowest BCUT2D eigenvalue weighted by Gasteiger charge is -2.32. The Hall–Kier alpha value is -1.29. The first-order valence-electron chi connectivity index (χ1n) is 7.59. The summed E-state index contributed by atoms with van der Waals surface area (Å²) in [6.45, 7) is 7.73. The van der Waals surface area contributed by atoms with Crippen molar-refractivity contribution in [3.8, 4) is 0 Å². The van der Waals surface area contributed by atoms with E-state index < -0.39 is 0 Å². The molecule has 1 saturated heterocycles. The lowest BCUT2D eigenvalue weighted by molar-refractivity contribution is 0.438. The van der Waals surface area contributed by atoms with Crippen LogP contribution in [0.1, 0.15) is 33.1 Å². The van der Waals surface area contributed by atoms with Gasteiger partial charge >= 0.3 is 0 Å². The van der Waals surface area contributed by atoms with E-state index in [1.807, 2.05) is 0 Å². The highest BCUT2D eigenvalue weighted by atomic mass is 32.1. The molecule has 0 bridgehead atoms. The molecule has 0 radical (unpaired) electrons. The molecule has 1 heterocycles. The van der Waals surface area contributed by atoms with Crippen molar-refractivity contribution in [2.24, 2.45) is 5.92 Å². The maximum atomic E-state index is 5.24. The van der Waals surface area contributed by atoms with Gasteiger partial charge in [0, 0.05) is 31.0 Å². The lowest BCUT2D eigenvalue weighted by atomic mass is 9.99. The molecule has 3 nitrogen and oxygen atoms in total. The summed E-state index contributed by atoms with van der Waals surface area (Å²) in [6, 6.07) is 8.57. The van der Waals surface area contributed by atoms with E-state index in [2.05, 4.69) is 53.6 Å². The zero-order valence-corrected chi connectivity index (χ0v) is 13.3. The Morgan fingerprint density at radius 2 is 1.90 bits per heavy atom. The van der Waals surface area contributed by atoms with Crippen molar-refractivity contribution in [1.82, 2.24) is 5.32 Å². The molecule has 0 amide bonds. The zero-order valence-electron chi connectivity index (χ0n) is 12.5. The fraction of sp³-hybridized carbons (Fsp3) is 0.562. The van der Waals surface area contributed by atoms with Gasteiger partial charge in [-0.3, -0.25) is 0 Å². The number of anilines is 2. The van der Waals surface area contributed by atoms with E-state index in [1.165, 1.54) is 31.6 Å². The average molecular weight is 291 g/mol. The smallest absolute Gasteiger partial charge is 0.170 e. The van der Waals surface area contributed by atoms with Crippen LogP contribution in [0.3, 0.4) is 0 Å². The van der Waals surface area contributed by atoms with E-state index in [-0.39, 0.29) is 0 Å². The lowest BCUT2D eigenvalue weighted by Crippen LogP contribution is -2.32. The molecule has 20 heavy (non-hydrogen) atoms. The number of piperidine rings is 1. The Balaban J connectivity index is 1.88. The Morgan fingerprint density at radius 3 is 2.50 bits per heavy atom. The van der Waals surface area contributed by atoms with E-state index in [1.54, 1.807) is 0 Å². The van der Waals surface area contributed by atoms with E-state index in [0.29, 0.717) is 5.11 Å². The molecule has 4 heteroatoms. The first-order chi connectivity index (χ1) is 9.69. The number of thiocarbonyl (C=S) groups is 1. The molecule has 1 aromatic carbocycles. The maximum Gasteiger partial charge on any atom is 0.170 e. The molecule has 2 N–H and O–H groups in total. The van der Waals surface area contributed by atoms with E-state index in [9.17, 15) is 0 Å². The molecule has 0 aliphatic carbocycles. The van der Waals surface area contributed by atoms with Crippen molar-refractivity contribution in [2.75, 3.05) is 29.9 Å². The fourth-order valence-corrected chi connectivity index (χ4v) is 2.66. The SMILES string of the molecule is CCCNC(=S)Nc1ccc(N2CCC(C)CC2)cc1. The summed E-state index contributed by atoms with van der Waals surface area (Å²) >= 11 is 5.24. The van der Waals surface area contributed by atoms with Gasteiger partial charge in [0.1, 0.15) is 0 Å². The first-order valence-corrected chi connectivity index (χ1v) is 7.99. The third-order valence-corrected chi connectivity index (χ3v) is 4.06. The molecular formula is C16H25N3S. The van der Waals surface area contributed by atoms with Crippen LogP contribution in [0.4, 0.5) is 11.4 Å². The van der Waals surface area contributed by atoms with Crippen LogP contribution < -0.4 is 15.5 Å². The summed E-state index contributed by atoms with van der Waals surface area (Å²) in [4.78, 5) is 2.47. The van der Waals surface area contributed by atoms with Gasteiger partial charge < -0.3 is 15.5 Å². The van der Waals surface area contributed by atoms with E-state index in [0.717, 1.165) is 24.6 Å². The van der Waals surface area contributed by atoms with Crippen LogP contribution in [0.25, 0.3) is 0 Å². The number of nitrogens with one attached hydrogen (secondary N) is 2. The monoisotopic (exact) mass is 291 g/mol. The predicted octanol–water partition coefficient (Wildman–Crippen LogP) is 3.62. The number of nitrogens with zero attached hydrogens (tertiary/aromatic N) is 1. The third kappa shape index (κ3) is 4.37. The molecule has 1 fully saturated rings. The third-order valence-electron chi connectivity index (χ3n) is 3.81. The number of hydrogen-bond acceptors (Lipinski definition) is 2. The van der Waals surface area contributed by atoms with E-state index in [4.69, 9.17) is 12.2 Å². The van der Waals surface area contributed by atoms with Crippen molar-refractivity contribution in [2.45, 2.75) is 33.1 Å². The second kappa shape index (κ2) is 7.48. The summed E-state index contributed by atoms with van der Waals surface area (Å²) in [7, 11) is 0. The van der Waals surface area contributed by atoms with Gasteiger partial charge in [-0.25, -0.2) is 0 Å². The summed E-state index contributed by atoms with van der Waals surface area (Å²) in [5.74, 6) is 0.870. The average Bonchev–Trinajstić information content (AvgIpc) is 2.47. The molecule has 0 aromatic heterocycles. The fourth-order valence-electron chi connectivity index (χ4n) is 2.44. The molecule has 1 aliphatic heterocycles. The minimum absolute atomic E-state index is 0.700. The highest BCUT2D eigenvalue weighted by Crippen LogP contribution is 2.24. The van der Waals surface area contributed by atoms with Crippen molar-refractivity contribution in [3.63, 3.8) is 0 Å². The second-order valence-corrected chi connectivity index (χ2v) is 6.01. The van der Waals surface area contributed by atoms with Crippen LogP contribution in [0.5, 0.6) is 0 Å². The summed E-state index contributed by atoms with van der Waals surface area (Å²) in [6.07, 6.45) is 3.67. The van der Waals surface area contributed by atoms with Crippen LogP contribution in [0, 0.1) is 5.92 Å². The standard InChI is InChI=1S/C16H25N3S/c1-3-10-17-16(20)18-14-4-6-15(7-5-14)19-11-8-13(2)9-12-19/h4-7,13H,3,8-12H2,1-2H3,(H2,17,18,20). The second-order valence-electron chi connectivity index (χ2n) is 5.60. The highest BCUT2D eigenvalue weighted by molar-refractivity contribution is 7.80. The van der Waals surface area contributed by atoms with Crippen LogP contribution in [-0.2, 0) is 0 Å². The zero-order chi connectivity index (χ0) is 14.4. The predicted molar refractivity (Wildman–Crippen MR) is 91.6 cm³/mol. The Labute approximate surface area is 127 Å². The molecule has 1 aromatic rings. The maximum absolute atomic E-state index is 5.24. The van der Waals surface area contributed by atoms with Gasteiger partial charge in [-0.1, -0.05) is 13.8 Å². The van der Waals surface area contributed by atoms with Crippen molar-refractivity contribution in [1.29, 1.82) is 0 Å². The topological polar surface area (TPSA) is 27.3 Å². The van der Waals surface area contributed by atoms with Crippen molar-refractivity contribution >= 4 is 28.7 Å². The van der Waals surface area contributed by atoms with Gasteiger partial charge in [0.05, 0.1) is 0 Å². The molecule has 0 atom stereocenters. The molecule has 0 saturated carbocycles. The van der Waals surface area contributed by atoms with Crippen LogP contribution >= 0.6 is 12.2 Å². The summed E-state index contributed by atoms with van der Waals surface area (Å²) < 4.78 is 0. The minimum atomic E-state index is 0.700. The first kappa shape index (κ1) is 15.1. The summed E-state index contributed by atoms with van der Waals surface area (Å²) in [5, 5.41) is 7.09. The van der Waals surface area contributed by atoms with Gasteiger partial charge in [-0.05, 0) is 61.7 Å². The molecule has 1 aliphatic rings. The quantitative estimate of drug-likeness (QED) is 0.829. The molecular weight excluding hydrogens is 266 g/mol. The molecule has 0 spiro atoms. The summed E-state index contributed by atoms with van der Waals surface area (Å²) in [5.41, 5.74) is 2.36. The van der Waals surface area contributed by atoms with Gasteiger partial charge in [0.2, 0.25) is 0 Å². The minimum Gasteiger partial charge on any atom is -0.372 e. The Kier molecular flexibility index (Phi) is 5.65.